The summed E-state index contributed by atoms with van der Waals surface area (Å²) in [7, 11) is 0. The minimum Gasteiger partial charge on any atom is -0.411 e. The largest absolute Gasteiger partial charge is 0.411 e. The van der Waals surface area contributed by atoms with Crippen molar-refractivity contribution in [1.29, 1.82) is 0 Å². The molecule has 1 aromatic carbocycles. The third-order valence-corrected chi connectivity index (χ3v) is 2.44. The number of amides is 2. The fourth-order valence-corrected chi connectivity index (χ4v) is 1.64. The molecule has 0 saturated carbocycles. The number of rotatable bonds is 2. The standard InChI is InChI=1S/C11H10N2O3/c1-7(12-16)6-13-10(14)8-4-2-3-5-9(8)11(13)15/h2-5,16H,6H2,1H3/b12-7+. The Balaban J connectivity index is 2.35. The molecule has 0 bridgehead atoms. The molecule has 0 radical (unpaired) electrons. The third-order valence-electron chi connectivity index (χ3n) is 2.44. The van der Waals surface area contributed by atoms with Crippen LogP contribution in [0.25, 0.3) is 0 Å². The minimum absolute atomic E-state index is 0.0167. The highest BCUT2D eigenvalue weighted by molar-refractivity contribution is 6.22. The molecule has 1 heterocycles. The second-order valence-corrected chi connectivity index (χ2v) is 3.58. The molecular formula is C11H10N2O3. The molecule has 5 heteroatoms. The molecule has 2 amide bonds. The Labute approximate surface area is 92.0 Å². The number of fused-ring (bicyclic) bond motifs is 1. The summed E-state index contributed by atoms with van der Waals surface area (Å²) in [5.74, 6) is -0.688. The second kappa shape index (κ2) is 3.77. The number of nitrogens with zero attached hydrogens (tertiary/aromatic N) is 2. The first-order chi connectivity index (χ1) is 7.65. The molecule has 0 aliphatic carbocycles. The lowest BCUT2D eigenvalue weighted by Gasteiger charge is -2.11. The van der Waals surface area contributed by atoms with Crippen LogP contribution in [-0.2, 0) is 0 Å². The molecule has 2 rings (SSSR count). The lowest BCUT2D eigenvalue weighted by Crippen LogP contribution is -2.34. The van der Waals surface area contributed by atoms with Gasteiger partial charge in [-0.15, -0.1) is 0 Å². The van der Waals surface area contributed by atoms with Gasteiger partial charge >= 0.3 is 0 Å². The SMILES string of the molecule is C/C(CN1C(=O)c2ccccc2C1=O)=N\O. The van der Waals surface area contributed by atoms with Crippen molar-refractivity contribution in [2.75, 3.05) is 6.54 Å². The molecule has 1 N–H and O–H groups in total. The molecule has 5 nitrogen and oxygen atoms in total. The third kappa shape index (κ3) is 1.46. The van der Waals surface area contributed by atoms with Crippen LogP contribution in [0.4, 0.5) is 0 Å². The lowest BCUT2D eigenvalue weighted by molar-refractivity contribution is 0.0676. The van der Waals surface area contributed by atoms with Crippen molar-refractivity contribution in [1.82, 2.24) is 4.90 Å². The second-order valence-electron chi connectivity index (χ2n) is 3.58. The van der Waals surface area contributed by atoms with Crippen molar-refractivity contribution in [3.63, 3.8) is 0 Å². The van der Waals surface area contributed by atoms with E-state index in [4.69, 9.17) is 5.21 Å². The Kier molecular flexibility index (Phi) is 2.44. The fraction of sp³-hybridized carbons (Fsp3) is 0.182. The van der Waals surface area contributed by atoms with E-state index >= 15 is 0 Å². The lowest BCUT2D eigenvalue weighted by atomic mass is 10.1. The van der Waals surface area contributed by atoms with Crippen molar-refractivity contribution < 1.29 is 14.8 Å². The van der Waals surface area contributed by atoms with Gasteiger partial charge in [0.1, 0.15) is 0 Å². The van der Waals surface area contributed by atoms with Crippen molar-refractivity contribution in [3.05, 3.63) is 35.4 Å². The highest BCUT2D eigenvalue weighted by Crippen LogP contribution is 2.21. The van der Waals surface area contributed by atoms with E-state index in [1.54, 1.807) is 31.2 Å². The summed E-state index contributed by atoms with van der Waals surface area (Å²) in [6, 6.07) is 6.64. The predicted molar refractivity (Wildman–Crippen MR) is 56.7 cm³/mol. The Morgan fingerprint density at radius 3 is 2.19 bits per heavy atom. The summed E-state index contributed by atoms with van der Waals surface area (Å²) in [6.45, 7) is 1.56. The molecule has 0 aromatic heterocycles. The summed E-state index contributed by atoms with van der Waals surface area (Å²) in [6.07, 6.45) is 0. The molecule has 1 aliphatic heterocycles. The first-order valence-corrected chi connectivity index (χ1v) is 4.78. The minimum atomic E-state index is -0.344. The van der Waals surface area contributed by atoms with Gasteiger partial charge in [-0.25, -0.2) is 0 Å². The first-order valence-electron chi connectivity index (χ1n) is 4.78. The molecule has 0 atom stereocenters. The summed E-state index contributed by atoms with van der Waals surface area (Å²) < 4.78 is 0. The van der Waals surface area contributed by atoms with Crippen LogP contribution in [0.5, 0.6) is 0 Å². The first kappa shape index (κ1) is 10.4. The van der Waals surface area contributed by atoms with Crippen LogP contribution in [0.2, 0.25) is 0 Å². The molecule has 0 spiro atoms. The highest BCUT2D eigenvalue weighted by atomic mass is 16.4. The van der Waals surface area contributed by atoms with Crippen LogP contribution < -0.4 is 0 Å². The van der Waals surface area contributed by atoms with Gasteiger partial charge in [0, 0.05) is 0 Å². The van der Waals surface area contributed by atoms with E-state index in [1.165, 1.54) is 0 Å². The molecule has 16 heavy (non-hydrogen) atoms. The van der Waals surface area contributed by atoms with Gasteiger partial charge in [0.2, 0.25) is 0 Å². The van der Waals surface area contributed by atoms with E-state index in [-0.39, 0.29) is 18.4 Å². The topological polar surface area (TPSA) is 70.0 Å². The number of oxime groups is 1. The zero-order chi connectivity index (χ0) is 11.7. The number of carbonyl (C=O) groups is 2. The van der Waals surface area contributed by atoms with Gasteiger partial charge in [-0.1, -0.05) is 17.3 Å². The van der Waals surface area contributed by atoms with Gasteiger partial charge in [0.15, 0.2) is 0 Å². The van der Waals surface area contributed by atoms with Gasteiger partial charge in [0.25, 0.3) is 11.8 Å². The van der Waals surface area contributed by atoms with E-state index in [1.807, 2.05) is 0 Å². The average molecular weight is 218 g/mol. The molecule has 0 unspecified atom stereocenters. The number of hydrogen-bond acceptors (Lipinski definition) is 4. The van der Waals surface area contributed by atoms with Gasteiger partial charge in [-0.05, 0) is 19.1 Å². The van der Waals surface area contributed by atoms with E-state index in [9.17, 15) is 9.59 Å². The van der Waals surface area contributed by atoms with Gasteiger partial charge in [0.05, 0.1) is 23.4 Å². The van der Waals surface area contributed by atoms with E-state index in [0.29, 0.717) is 16.8 Å². The summed E-state index contributed by atoms with van der Waals surface area (Å²) in [4.78, 5) is 24.7. The molecule has 1 aromatic rings. The van der Waals surface area contributed by atoms with Crippen LogP contribution in [-0.4, -0.2) is 34.2 Å². The normalized spacial score (nSPS) is 15.6. The zero-order valence-electron chi connectivity index (χ0n) is 8.67. The Morgan fingerprint density at radius 2 is 1.75 bits per heavy atom. The molecule has 82 valence electrons. The molecule has 1 aliphatic rings. The summed E-state index contributed by atoms with van der Waals surface area (Å²) >= 11 is 0. The summed E-state index contributed by atoms with van der Waals surface area (Å²) in [5, 5.41) is 11.5. The Morgan fingerprint density at radius 1 is 1.25 bits per heavy atom. The zero-order valence-corrected chi connectivity index (χ0v) is 8.67. The average Bonchev–Trinajstić information content (AvgIpc) is 2.55. The maximum absolute atomic E-state index is 11.8. The van der Waals surface area contributed by atoms with Crippen LogP contribution in [0.15, 0.2) is 29.4 Å². The molecule has 0 fully saturated rings. The van der Waals surface area contributed by atoms with Crippen molar-refractivity contribution in [3.8, 4) is 0 Å². The Bertz CT molecular complexity index is 459. The van der Waals surface area contributed by atoms with E-state index in [0.717, 1.165) is 4.90 Å². The van der Waals surface area contributed by atoms with Gasteiger partial charge in [-0.2, -0.15) is 0 Å². The number of imide groups is 1. The molecular weight excluding hydrogens is 208 g/mol. The highest BCUT2D eigenvalue weighted by Gasteiger charge is 2.35. The molecule has 0 saturated heterocycles. The van der Waals surface area contributed by atoms with Crippen LogP contribution >= 0.6 is 0 Å². The quantitative estimate of drug-likeness (QED) is 0.350. The van der Waals surface area contributed by atoms with Gasteiger partial charge in [-0.3, -0.25) is 14.5 Å². The fourth-order valence-electron chi connectivity index (χ4n) is 1.64. The van der Waals surface area contributed by atoms with Crippen LogP contribution in [0, 0.1) is 0 Å². The maximum Gasteiger partial charge on any atom is 0.261 e. The Hall–Kier alpha value is -2.17. The van der Waals surface area contributed by atoms with Crippen molar-refractivity contribution >= 4 is 17.5 Å². The number of hydrogen-bond donors (Lipinski definition) is 1. The van der Waals surface area contributed by atoms with E-state index < -0.39 is 0 Å². The number of carbonyl (C=O) groups excluding carboxylic acids is 2. The van der Waals surface area contributed by atoms with Gasteiger partial charge < -0.3 is 5.21 Å². The van der Waals surface area contributed by atoms with Crippen molar-refractivity contribution in [2.24, 2.45) is 5.16 Å². The smallest absolute Gasteiger partial charge is 0.261 e. The van der Waals surface area contributed by atoms with Crippen LogP contribution in [0.3, 0.4) is 0 Å². The maximum atomic E-state index is 11.8. The van der Waals surface area contributed by atoms with Crippen molar-refractivity contribution in [2.45, 2.75) is 6.92 Å². The summed E-state index contributed by atoms with van der Waals surface area (Å²) in [5.41, 5.74) is 1.12. The monoisotopic (exact) mass is 218 g/mol. The predicted octanol–water partition coefficient (Wildman–Crippen LogP) is 1.13. The van der Waals surface area contributed by atoms with Crippen LogP contribution in [0.1, 0.15) is 27.6 Å². The number of benzene rings is 1. The van der Waals surface area contributed by atoms with E-state index in [2.05, 4.69) is 5.16 Å².